The van der Waals surface area contributed by atoms with Crippen LogP contribution in [0.2, 0.25) is 15.1 Å². The Kier molecular flexibility index (Phi) is 13.3. The monoisotopic (exact) mass is 849 g/mol. The zero-order chi connectivity index (χ0) is 41.8. The zero-order valence-electron chi connectivity index (χ0n) is 31.2. The molecule has 1 aromatic heterocycles. The van der Waals surface area contributed by atoms with Gasteiger partial charge in [-0.15, -0.1) is 15.0 Å². The molecular weight excluding hydrogens is 821 g/mol. The second kappa shape index (κ2) is 19.5. The predicted octanol–water partition coefficient (Wildman–Crippen LogP) is 12.9. The standard InChI is InChI=1S/C48H30Cl3N3O6/c49-37-16-10-34(11-17-37)43(55)28-7-31-1-22-40(23-2-31)58-46-52-47(59-41-24-3-32(4-25-41)8-29-44(56)35-12-18-38(50)19-13-35)54-48(53-46)60-42-26-5-33(6-27-42)9-30-45(57)36-14-20-39(51)21-15-36/h1-30H/b28-7+,29-8+,30-9+. The molecule has 60 heavy (non-hydrogen) atoms. The molecule has 0 fully saturated rings. The fourth-order valence-corrected chi connectivity index (χ4v) is 5.74. The summed E-state index contributed by atoms with van der Waals surface area (Å²) in [5, 5.41) is 1.65. The smallest absolute Gasteiger partial charge is 0.331 e. The van der Waals surface area contributed by atoms with Crippen molar-refractivity contribution in [2.45, 2.75) is 0 Å². The maximum atomic E-state index is 12.6. The third-order valence-corrected chi connectivity index (χ3v) is 9.27. The van der Waals surface area contributed by atoms with Crippen LogP contribution < -0.4 is 14.2 Å². The van der Waals surface area contributed by atoms with E-state index in [-0.39, 0.29) is 35.4 Å². The summed E-state index contributed by atoms with van der Waals surface area (Å²) in [6, 6.07) is 40.5. The van der Waals surface area contributed by atoms with Crippen LogP contribution in [-0.2, 0) is 0 Å². The average molecular weight is 851 g/mol. The number of allylic oxidation sites excluding steroid dienone is 3. The number of hydrogen-bond acceptors (Lipinski definition) is 9. The van der Waals surface area contributed by atoms with Gasteiger partial charge in [0.05, 0.1) is 0 Å². The number of rotatable bonds is 15. The molecule has 0 unspecified atom stereocenters. The molecule has 0 aliphatic rings. The summed E-state index contributed by atoms with van der Waals surface area (Å²) in [5.41, 5.74) is 3.83. The molecule has 0 aliphatic carbocycles. The summed E-state index contributed by atoms with van der Waals surface area (Å²) in [5.74, 6) is 0.697. The Labute approximate surface area is 359 Å². The highest BCUT2D eigenvalue weighted by atomic mass is 35.5. The van der Waals surface area contributed by atoms with Crippen LogP contribution in [0.5, 0.6) is 35.3 Å². The Balaban J connectivity index is 1.06. The van der Waals surface area contributed by atoms with Crippen molar-refractivity contribution >= 4 is 70.4 Å². The van der Waals surface area contributed by atoms with E-state index in [0.717, 1.165) is 16.7 Å². The van der Waals surface area contributed by atoms with Gasteiger partial charge >= 0.3 is 18.0 Å². The molecule has 0 atom stereocenters. The first kappa shape index (κ1) is 41.0. The van der Waals surface area contributed by atoms with Gasteiger partial charge in [-0.05, 0) is 144 Å². The van der Waals surface area contributed by atoms with Gasteiger partial charge in [0, 0.05) is 31.8 Å². The summed E-state index contributed by atoms with van der Waals surface area (Å²) < 4.78 is 18.0. The van der Waals surface area contributed by atoms with Crippen LogP contribution in [-0.4, -0.2) is 32.3 Å². The lowest BCUT2D eigenvalue weighted by Crippen LogP contribution is -2.01. The third-order valence-electron chi connectivity index (χ3n) is 8.51. The molecule has 0 aliphatic heterocycles. The van der Waals surface area contributed by atoms with E-state index in [2.05, 4.69) is 15.0 Å². The molecule has 0 radical (unpaired) electrons. The van der Waals surface area contributed by atoms with Gasteiger partial charge in [-0.25, -0.2) is 0 Å². The van der Waals surface area contributed by atoms with E-state index >= 15 is 0 Å². The molecule has 0 spiro atoms. The minimum absolute atomic E-state index is 0.114. The fraction of sp³-hybridized carbons (Fsp3) is 0. The van der Waals surface area contributed by atoms with Crippen molar-refractivity contribution in [3.63, 3.8) is 0 Å². The molecule has 0 amide bonds. The van der Waals surface area contributed by atoms with Crippen molar-refractivity contribution in [2.75, 3.05) is 0 Å². The normalized spacial score (nSPS) is 11.2. The lowest BCUT2D eigenvalue weighted by molar-refractivity contribution is 0.103. The van der Waals surface area contributed by atoms with Gasteiger partial charge in [-0.3, -0.25) is 14.4 Å². The predicted molar refractivity (Wildman–Crippen MR) is 234 cm³/mol. The lowest BCUT2D eigenvalue weighted by Gasteiger charge is -2.10. The summed E-state index contributed by atoms with van der Waals surface area (Å²) in [4.78, 5) is 50.8. The van der Waals surface area contributed by atoms with E-state index in [1.54, 1.807) is 164 Å². The van der Waals surface area contributed by atoms with Gasteiger partial charge in [-0.1, -0.05) is 89.4 Å². The molecule has 6 aromatic carbocycles. The number of halogens is 3. The fourth-order valence-electron chi connectivity index (χ4n) is 5.36. The van der Waals surface area contributed by atoms with Crippen LogP contribution in [0, 0.1) is 0 Å². The zero-order valence-corrected chi connectivity index (χ0v) is 33.5. The third kappa shape index (κ3) is 11.7. The van der Waals surface area contributed by atoms with E-state index in [1.165, 1.54) is 18.2 Å². The van der Waals surface area contributed by atoms with Gasteiger partial charge in [-0.2, -0.15) is 0 Å². The van der Waals surface area contributed by atoms with E-state index in [4.69, 9.17) is 49.0 Å². The topological polar surface area (TPSA) is 118 Å². The van der Waals surface area contributed by atoms with Crippen LogP contribution in [0.15, 0.2) is 164 Å². The number of carbonyl (C=O) groups is 3. The second-order valence-corrected chi connectivity index (χ2v) is 14.1. The highest BCUT2D eigenvalue weighted by molar-refractivity contribution is 6.31. The van der Waals surface area contributed by atoms with Crippen LogP contribution >= 0.6 is 34.8 Å². The van der Waals surface area contributed by atoms with Crippen LogP contribution in [0.1, 0.15) is 47.8 Å². The summed E-state index contributed by atoms with van der Waals surface area (Å²) in [7, 11) is 0. The van der Waals surface area contributed by atoms with E-state index in [9.17, 15) is 14.4 Å². The second-order valence-electron chi connectivity index (χ2n) is 12.8. The molecular formula is C48H30Cl3N3O6. The average Bonchev–Trinajstić information content (AvgIpc) is 3.26. The van der Waals surface area contributed by atoms with E-state index in [0.29, 0.717) is 49.0 Å². The van der Waals surface area contributed by atoms with Crippen molar-refractivity contribution in [2.24, 2.45) is 0 Å². The van der Waals surface area contributed by atoms with Crippen LogP contribution in [0.4, 0.5) is 0 Å². The molecule has 0 N–H and O–H groups in total. The highest BCUT2D eigenvalue weighted by Crippen LogP contribution is 2.28. The Morgan fingerprint density at radius 3 is 0.817 bits per heavy atom. The van der Waals surface area contributed by atoms with Crippen molar-refractivity contribution in [3.05, 3.63) is 212 Å². The minimum Gasteiger partial charge on any atom is -0.424 e. The summed E-state index contributed by atoms with van der Waals surface area (Å²) in [6.45, 7) is 0. The van der Waals surface area contributed by atoms with Crippen molar-refractivity contribution in [1.82, 2.24) is 15.0 Å². The Hall–Kier alpha value is -7.17. The van der Waals surface area contributed by atoms with Gasteiger partial charge in [0.25, 0.3) is 0 Å². The molecule has 12 heteroatoms. The molecule has 0 bridgehead atoms. The van der Waals surface area contributed by atoms with E-state index in [1.807, 2.05) is 0 Å². The van der Waals surface area contributed by atoms with Gasteiger partial charge in [0.2, 0.25) is 0 Å². The molecule has 7 aromatic rings. The molecule has 294 valence electrons. The van der Waals surface area contributed by atoms with Gasteiger partial charge in [0.1, 0.15) is 17.2 Å². The summed E-state index contributed by atoms with van der Waals surface area (Å²) in [6.07, 6.45) is 9.51. The first-order valence-electron chi connectivity index (χ1n) is 18.2. The number of ether oxygens (including phenoxy) is 3. The maximum absolute atomic E-state index is 12.6. The number of ketones is 3. The van der Waals surface area contributed by atoms with Gasteiger partial charge < -0.3 is 14.2 Å². The number of aromatic nitrogens is 3. The van der Waals surface area contributed by atoms with Gasteiger partial charge in [0.15, 0.2) is 17.3 Å². The number of hydrogen-bond donors (Lipinski definition) is 0. The quantitative estimate of drug-likeness (QED) is 0.0734. The number of carbonyl (C=O) groups excluding carboxylic acids is 3. The van der Waals surface area contributed by atoms with E-state index < -0.39 is 0 Å². The van der Waals surface area contributed by atoms with Crippen LogP contribution in [0.25, 0.3) is 18.2 Å². The first-order chi connectivity index (χ1) is 29.1. The molecule has 7 rings (SSSR count). The van der Waals surface area contributed by atoms with Crippen molar-refractivity contribution < 1.29 is 28.6 Å². The molecule has 0 saturated heterocycles. The Morgan fingerprint density at radius 2 is 0.583 bits per heavy atom. The van der Waals surface area contributed by atoms with Crippen LogP contribution in [0.3, 0.4) is 0 Å². The minimum atomic E-state index is -0.164. The van der Waals surface area contributed by atoms with Crippen molar-refractivity contribution in [3.8, 4) is 35.3 Å². The highest BCUT2D eigenvalue weighted by Gasteiger charge is 2.14. The number of benzene rings is 6. The largest absolute Gasteiger partial charge is 0.424 e. The Bertz CT molecular complexity index is 2400. The first-order valence-corrected chi connectivity index (χ1v) is 19.3. The van der Waals surface area contributed by atoms with Crippen molar-refractivity contribution in [1.29, 1.82) is 0 Å². The Morgan fingerprint density at radius 1 is 0.350 bits per heavy atom. The lowest BCUT2D eigenvalue weighted by atomic mass is 10.1. The molecule has 9 nitrogen and oxygen atoms in total. The SMILES string of the molecule is O=C(/C=C/c1ccc(Oc2nc(Oc3ccc(/C=C/C(=O)c4ccc(Cl)cc4)cc3)nc(Oc3ccc(/C=C/C(=O)c4ccc(Cl)cc4)cc3)n2)cc1)c1ccc(Cl)cc1. The maximum Gasteiger partial charge on any atom is 0.331 e. The number of nitrogens with zero attached hydrogens (tertiary/aromatic N) is 3. The summed E-state index contributed by atoms with van der Waals surface area (Å²) >= 11 is 17.8. The molecule has 1 heterocycles. The molecule has 0 saturated carbocycles.